The minimum atomic E-state index is -1.62. The summed E-state index contributed by atoms with van der Waals surface area (Å²) >= 11 is 0. The fourth-order valence-electron chi connectivity index (χ4n) is 3.68. The van der Waals surface area contributed by atoms with E-state index in [2.05, 4.69) is 10.4 Å². The Hall–Kier alpha value is -2.55. The molecule has 0 bridgehead atoms. The maximum atomic E-state index is 14.3. The second-order valence-corrected chi connectivity index (χ2v) is 6.49. The first-order valence-electron chi connectivity index (χ1n) is 8.32. The van der Waals surface area contributed by atoms with Gasteiger partial charge < -0.3 is 10.1 Å². The lowest BCUT2D eigenvalue weighted by Crippen LogP contribution is -2.29. The monoisotopic (exact) mass is 367 g/mol. The lowest BCUT2D eigenvalue weighted by molar-refractivity contribution is -0.116. The summed E-state index contributed by atoms with van der Waals surface area (Å²) in [6, 6.07) is 1.80. The maximum absolute atomic E-state index is 14.3. The summed E-state index contributed by atoms with van der Waals surface area (Å²) in [5, 5.41) is 5.34. The van der Waals surface area contributed by atoms with Gasteiger partial charge in [-0.25, -0.2) is 13.2 Å². The number of H-pyrrole nitrogens is 1. The summed E-state index contributed by atoms with van der Waals surface area (Å²) in [7, 11) is 0. The number of anilines is 1. The first-order valence-corrected chi connectivity index (χ1v) is 8.32. The van der Waals surface area contributed by atoms with Crippen molar-refractivity contribution in [2.45, 2.75) is 31.2 Å². The van der Waals surface area contributed by atoms with Crippen LogP contribution in [0, 0.1) is 17.5 Å². The van der Waals surface area contributed by atoms with Gasteiger partial charge in [0.15, 0.2) is 17.5 Å². The highest BCUT2D eigenvalue weighted by Gasteiger charge is 2.36. The predicted molar refractivity (Wildman–Crippen MR) is 85.5 cm³/mol. The Morgan fingerprint density at radius 3 is 2.54 bits per heavy atom. The number of carbonyl (C=O) groups excluding carboxylic acids is 1. The Kier molecular flexibility index (Phi) is 4.10. The topological polar surface area (TPSA) is 76.1 Å². The van der Waals surface area contributed by atoms with E-state index in [1.807, 2.05) is 0 Å². The van der Waals surface area contributed by atoms with E-state index in [0.29, 0.717) is 26.1 Å². The van der Waals surface area contributed by atoms with E-state index in [9.17, 15) is 22.8 Å². The number of halogens is 3. The highest BCUT2D eigenvalue weighted by Crippen LogP contribution is 2.38. The minimum Gasteiger partial charge on any atom is -0.381 e. The van der Waals surface area contributed by atoms with Gasteiger partial charge in [-0.1, -0.05) is 6.07 Å². The van der Waals surface area contributed by atoms with Crippen LogP contribution in [0.1, 0.15) is 42.3 Å². The molecular formula is C17H16F3N3O3. The number of nitrogens with zero attached hydrogens (tertiary/aromatic N) is 1. The van der Waals surface area contributed by atoms with Crippen LogP contribution in [-0.2, 0) is 9.53 Å². The molecule has 0 spiro atoms. The molecule has 2 aliphatic heterocycles. The highest BCUT2D eigenvalue weighted by molar-refractivity contribution is 5.94. The zero-order chi connectivity index (χ0) is 18.4. The number of carbonyl (C=O) groups is 1. The van der Waals surface area contributed by atoms with E-state index in [-0.39, 0.29) is 29.4 Å². The van der Waals surface area contributed by atoms with E-state index in [1.54, 1.807) is 4.68 Å². The Morgan fingerprint density at radius 1 is 1.08 bits per heavy atom. The summed E-state index contributed by atoms with van der Waals surface area (Å²) < 4.78 is 48.1. The molecule has 0 unspecified atom stereocenters. The van der Waals surface area contributed by atoms with Crippen molar-refractivity contribution in [3.63, 3.8) is 0 Å². The van der Waals surface area contributed by atoms with E-state index >= 15 is 0 Å². The van der Waals surface area contributed by atoms with Gasteiger partial charge in [0.1, 0.15) is 5.82 Å². The van der Waals surface area contributed by atoms with Crippen LogP contribution >= 0.6 is 0 Å². The molecule has 0 aliphatic carbocycles. The zero-order valence-corrected chi connectivity index (χ0v) is 13.7. The lowest BCUT2D eigenvalue weighted by Gasteiger charge is -2.28. The normalized spacial score (nSPS) is 20.7. The molecule has 1 amide bonds. The number of aromatic nitrogens is 2. The van der Waals surface area contributed by atoms with Crippen molar-refractivity contribution in [1.82, 2.24) is 9.78 Å². The smallest absolute Gasteiger partial charge is 0.270 e. The molecule has 1 aromatic heterocycles. The van der Waals surface area contributed by atoms with Gasteiger partial charge in [-0.05, 0) is 24.5 Å². The number of amides is 1. The number of nitrogens with one attached hydrogen (secondary N) is 2. The van der Waals surface area contributed by atoms with Crippen molar-refractivity contribution in [1.29, 1.82) is 0 Å². The third kappa shape index (κ3) is 2.63. The molecule has 2 aliphatic rings. The second kappa shape index (κ2) is 6.31. The zero-order valence-electron chi connectivity index (χ0n) is 13.7. The number of ether oxygens (including phenoxy) is 1. The largest absolute Gasteiger partial charge is 0.381 e. The lowest BCUT2D eigenvalue weighted by atomic mass is 9.86. The number of hydrogen-bond donors (Lipinski definition) is 2. The van der Waals surface area contributed by atoms with Crippen LogP contribution < -0.4 is 10.9 Å². The van der Waals surface area contributed by atoms with Crippen molar-refractivity contribution in [3.05, 3.63) is 51.1 Å². The molecule has 1 aromatic carbocycles. The predicted octanol–water partition coefficient (Wildman–Crippen LogP) is 2.42. The minimum absolute atomic E-state index is 0.0750. The molecule has 1 saturated heterocycles. The Labute approximate surface area is 145 Å². The van der Waals surface area contributed by atoms with E-state index in [1.165, 1.54) is 0 Å². The van der Waals surface area contributed by atoms with Gasteiger partial charge in [0.2, 0.25) is 5.91 Å². The number of hydrogen-bond acceptors (Lipinski definition) is 3. The molecule has 138 valence electrons. The van der Waals surface area contributed by atoms with Crippen molar-refractivity contribution in [3.8, 4) is 0 Å². The van der Waals surface area contributed by atoms with Crippen LogP contribution in [0.5, 0.6) is 0 Å². The Bertz CT molecular complexity index is 931. The van der Waals surface area contributed by atoms with E-state index in [0.717, 1.165) is 12.1 Å². The quantitative estimate of drug-likeness (QED) is 0.801. The third-order valence-corrected chi connectivity index (χ3v) is 4.95. The molecule has 0 saturated carbocycles. The molecule has 26 heavy (non-hydrogen) atoms. The standard InChI is InChI=1S/C17H16F3N3O3/c18-11-2-1-9(14(19)15(11)20)10-7-12(24)21-16-13(10)17(25)22-23(16)8-3-5-26-6-4-8/h1-2,8,10H,3-7H2,(H,21,24)(H,22,25)/t10-/m0/s1. The number of benzene rings is 1. The fraction of sp³-hybridized carbons (Fsp3) is 0.412. The van der Waals surface area contributed by atoms with Gasteiger partial charge in [-0.15, -0.1) is 0 Å². The molecule has 4 rings (SSSR count). The SMILES string of the molecule is O=C1C[C@@H](c2ccc(F)c(F)c2F)c2c(n(C3CCOCC3)[nH]c2=O)N1. The second-order valence-electron chi connectivity index (χ2n) is 6.49. The van der Waals surface area contributed by atoms with Crippen molar-refractivity contribution >= 4 is 11.7 Å². The molecule has 3 heterocycles. The average molecular weight is 367 g/mol. The molecule has 1 atom stereocenters. The number of aromatic amines is 1. The van der Waals surface area contributed by atoms with Crippen LogP contribution in [0.2, 0.25) is 0 Å². The van der Waals surface area contributed by atoms with Gasteiger partial charge in [0, 0.05) is 25.6 Å². The molecule has 9 heteroatoms. The van der Waals surface area contributed by atoms with E-state index < -0.39 is 34.8 Å². The van der Waals surface area contributed by atoms with Crippen molar-refractivity contribution in [2.75, 3.05) is 18.5 Å². The van der Waals surface area contributed by atoms with Gasteiger partial charge in [0.25, 0.3) is 5.56 Å². The summed E-state index contributed by atoms with van der Waals surface area (Å²) in [4.78, 5) is 24.7. The number of rotatable bonds is 2. The third-order valence-electron chi connectivity index (χ3n) is 4.95. The number of fused-ring (bicyclic) bond motifs is 1. The molecule has 6 nitrogen and oxygen atoms in total. The molecule has 2 aromatic rings. The first kappa shape index (κ1) is 16.9. The van der Waals surface area contributed by atoms with Crippen LogP contribution in [0.3, 0.4) is 0 Å². The maximum Gasteiger partial charge on any atom is 0.270 e. The Morgan fingerprint density at radius 2 is 1.81 bits per heavy atom. The summed E-state index contributed by atoms with van der Waals surface area (Å²) in [6.07, 6.45) is 1.07. The van der Waals surface area contributed by atoms with E-state index in [4.69, 9.17) is 4.74 Å². The van der Waals surface area contributed by atoms with Gasteiger partial charge in [0.05, 0.1) is 11.6 Å². The highest BCUT2D eigenvalue weighted by atomic mass is 19.2. The van der Waals surface area contributed by atoms with Crippen LogP contribution in [0.15, 0.2) is 16.9 Å². The Balaban J connectivity index is 1.84. The van der Waals surface area contributed by atoms with Crippen LogP contribution in [0.25, 0.3) is 0 Å². The van der Waals surface area contributed by atoms with Crippen LogP contribution in [0.4, 0.5) is 19.0 Å². The fourth-order valence-corrected chi connectivity index (χ4v) is 3.68. The summed E-state index contributed by atoms with van der Waals surface area (Å²) in [6.45, 7) is 1.05. The summed E-state index contributed by atoms with van der Waals surface area (Å²) in [5.41, 5.74) is -0.545. The van der Waals surface area contributed by atoms with Crippen molar-refractivity contribution < 1.29 is 22.7 Å². The molecule has 1 fully saturated rings. The molecule has 0 radical (unpaired) electrons. The molecule has 2 N–H and O–H groups in total. The average Bonchev–Trinajstić information content (AvgIpc) is 2.96. The van der Waals surface area contributed by atoms with Gasteiger partial charge in [-0.2, -0.15) is 0 Å². The van der Waals surface area contributed by atoms with Gasteiger partial charge >= 0.3 is 0 Å². The molecular weight excluding hydrogens is 351 g/mol. The first-order chi connectivity index (χ1) is 12.5. The van der Waals surface area contributed by atoms with Crippen LogP contribution in [-0.4, -0.2) is 28.9 Å². The van der Waals surface area contributed by atoms with Crippen molar-refractivity contribution in [2.24, 2.45) is 0 Å². The summed E-state index contributed by atoms with van der Waals surface area (Å²) in [5.74, 6) is -5.47. The van der Waals surface area contributed by atoms with Gasteiger partial charge in [-0.3, -0.25) is 19.4 Å².